The number of carbonyl (C=O) groups excluding carboxylic acids is 1. The molecule has 0 bridgehead atoms. The number of rotatable bonds is 1. The molecular weight excluding hydrogens is 322 g/mol. The number of ether oxygens (including phenoxy) is 3. The zero-order chi connectivity index (χ0) is 16.1. The molecule has 0 radical (unpaired) electrons. The Hall–Kier alpha value is -2.47. The highest BCUT2D eigenvalue weighted by Crippen LogP contribution is 2.44. The van der Waals surface area contributed by atoms with Crippen molar-refractivity contribution in [2.45, 2.75) is 19.3 Å². The lowest BCUT2D eigenvalue weighted by atomic mass is 9.87. The number of nitrogens with one attached hydrogen (secondary N) is 1. The highest BCUT2D eigenvalue weighted by molar-refractivity contribution is 6.32. The number of fused-ring (bicyclic) bond motifs is 2. The molecule has 6 nitrogen and oxygen atoms in total. The normalized spacial score (nSPS) is 18.5. The number of aromatic nitrogens is 1. The van der Waals surface area contributed by atoms with E-state index < -0.39 is 5.92 Å². The van der Waals surface area contributed by atoms with Gasteiger partial charge in [-0.25, -0.2) is 0 Å². The van der Waals surface area contributed by atoms with E-state index in [-0.39, 0.29) is 24.7 Å². The smallest absolute Gasteiger partial charge is 0.312 e. The Morgan fingerprint density at radius 2 is 2.00 bits per heavy atom. The maximum Gasteiger partial charge on any atom is 0.312 e. The molecule has 0 fully saturated rings. The van der Waals surface area contributed by atoms with Gasteiger partial charge in [0.15, 0.2) is 11.5 Å². The highest BCUT2D eigenvalue weighted by atomic mass is 35.5. The summed E-state index contributed by atoms with van der Waals surface area (Å²) < 4.78 is 15.9. The molecule has 4 rings (SSSR count). The van der Waals surface area contributed by atoms with Crippen LogP contribution in [0, 0.1) is 6.92 Å². The van der Waals surface area contributed by atoms with Gasteiger partial charge >= 0.3 is 5.97 Å². The van der Waals surface area contributed by atoms with Crippen LogP contribution in [-0.2, 0) is 4.79 Å². The van der Waals surface area contributed by atoms with Gasteiger partial charge < -0.3 is 19.2 Å². The van der Waals surface area contributed by atoms with E-state index in [9.17, 15) is 9.59 Å². The van der Waals surface area contributed by atoms with Gasteiger partial charge in [0.2, 0.25) is 6.79 Å². The maximum atomic E-state index is 12.4. The first-order chi connectivity index (χ1) is 11.0. The van der Waals surface area contributed by atoms with Crippen LogP contribution in [0.2, 0.25) is 5.02 Å². The number of hydrogen-bond donors (Lipinski definition) is 1. The van der Waals surface area contributed by atoms with Gasteiger partial charge in [-0.1, -0.05) is 11.6 Å². The molecule has 0 saturated carbocycles. The Balaban J connectivity index is 1.90. The Morgan fingerprint density at radius 1 is 1.17 bits per heavy atom. The molecule has 23 heavy (non-hydrogen) atoms. The lowest BCUT2D eigenvalue weighted by Crippen LogP contribution is -2.28. The Kier molecular flexibility index (Phi) is 3.09. The molecular formula is C16H12ClNO5. The van der Waals surface area contributed by atoms with Crippen molar-refractivity contribution in [3.05, 3.63) is 50.4 Å². The summed E-state index contributed by atoms with van der Waals surface area (Å²) in [6, 6.07) is 5.09. The molecule has 0 spiro atoms. The molecule has 1 atom stereocenters. The molecule has 2 aliphatic heterocycles. The molecule has 2 aromatic rings. The van der Waals surface area contributed by atoms with E-state index in [4.69, 9.17) is 25.8 Å². The van der Waals surface area contributed by atoms with Crippen LogP contribution >= 0.6 is 11.6 Å². The van der Waals surface area contributed by atoms with Crippen molar-refractivity contribution >= 4 is 17.6 Å². The molecule has 1 aromatic carbocycles. The van der Waals surface area contributed by atoms with E-state index in [1.165, 1.54) is 0 Å². The van der Waals surface area contributed by atoms with Crippen LogP contribution < -0.4 is 19.8 Å². The fourth-order valence-electron chi connectivity index (χ4n) is 2.99. The minimum Gasteiger partial charge on any atom is -0.454 e. The van der Waals surface area contributed by atoms with Gasteiger partial charge in [0, 0.05) is 17.7 Å². The molecule has 1 unspecified atom stereocenters. The number of aryl methyl sites for hydroxylation is 1. The summed E-state index contributed by atoms with van der Waals surface area (Å²) in [5, 5.41) is 0.388. The van der Waals surface area contributed by atoms with Gasteiger partial charge in [-0.05, 0) is 24.6 Å². The average Bonchev–Trinajstić information content (AvgIpc) is 2.94. The predicted octanol–water partition coefficient (Wildman–Crippen LogP) is 2.51. The van der Waals surface area contributed by atoms with Crippen LogP contribution in [0.1, 0.15) is 29.2 Å². The van der Waals surface area contributed by atoms with E-state index in [0.29, 0.717) is 39.1 Å². The average molecular weight is 334 g/mol. The van der Waals surface area contributed by atoms with Gasteiger partial charge in [0.1, 0.15) is 5.75 Å². The topological polar surface area (TPSA) is 77.6 Å². The van der Waals surface area contributed by atoms with E-state index in [0.717, 1.165) is 0 Å². The number of esters is 1. The fraction of sp³-hybridized carbons (Fsp3) is 0.250. The van der Waals surface area contributed by atoms with E-state index in [1.54, 1.807) is 25.1 Å². The van der Waals surface area contributed by atoms with Crippen LogP contribution in [0.3, 0.4) is 0 Å². The number of aromatic amines is 1. The quantitative estimate of drug-likeness (QED) is 0.811. The number of pyridine rings is 1. The Morgan fingerprint density at radius 3 is 2.83 bits per heavy atom. The van der Waals surface area contributed by atoms with Gasteiger partial charge in [-0.15, -0.1) is 0 Å². The van der Waals surface area contributed by atoms with Crippen molar-refractivity contribution in [2.75, 3.05) is 6.79 Å². The molecule has 2 aliphatic rings. The third-order valence-electron chi connectivity index (χ3n) is 3.96. The third-order valence-corrected chi connectivity index (χ3v) is 4.24. The maximum absolute atomic E-state index is 12.4. The van der Waals surface area contributed by atoms with E-state index in [1.807, 2.05) is 0 Å². The molecule has 3 heterocycles. The fourth-order valence-corrected chi connectivity index (χ4v) is 3.26. The monoisotopic (exact) mass is 333 g/mol. The summed E-state index contributed by atoms with van der Waals surface area (Å²) in [5.41, 5.74) is 1.49. The molecule has 1 N–H and O–H groups in total. The number of H-pyrrole nitrogens is 1. The van der Waals surface area contributed by atoms with E-state index in [2.05, 4.69) is 4.98 Å². The number of hydrogen-bond acceptors (Lipinski definition) is 5. The first-order valence-electron chi connectivity index (χ1n) is 7.06. The Labute approximate surface area is 135 Å². The van der Waals surface area contributed by atoms with Crippen LogP contribution in [0.5, 0.6) is 17.2 Å². The predicted molar refractivity (Wildman–Crippen MR) is 81.5 cm³/mol. The second kappa shape index (κ2) is 5.03. The van der Waals surface area contributed by atoms with Gasteiger partial charge in [-0.2, -0.15) is 0 Å². The number of halogens is 1. The number of benzene rings is 1. The summed E-state index contributed by atoms with van der Waals surface area (Å²) in [5.74, 6) is 0.452. The van der Waals surface area contributed by atoms with E-state index >= 15 is 0 Å². The minimum absolute atomic E-state index is 0.0646. The van der Waals surface area contributed by atoms with Crippen molar-refractivity contribution in [3.8, 4) is 17.2 Å². The van der Waals surface area contributed by atoms with Gasteiger partial charge in [-0.3, -0.25) is 9.59 Å². The minimum atomic E-state index is -0.442. The molecule has 0 saturated heterocycles. The first kappa shape index (κ1) is 14.1. The lowest BCUT2D eigenvalue weighted by molar-refractivity contribution is -0.135. The van der Waals surface area contributed by atoms with Gasteiger partial charge in [0.05, 0.1) is 17.0 Å². The molecule has 0 amide bonds. The highest BCUT2D eigenvalue weighted by Gasteiger charge is 2.33. The lowest BCUT2D eigenvalue weighted by Gasteiger charge is -2.24. The molecule has 7 heteroatoms. The Bertz CT molecular complexity index is 889. The third kappa shape index (κ3) is 2.26. The second-order valence-electron chi connectivity index (χ2n) is 5.53. The van der Waals surface area contributed by atoms with Crippen molar-refractivity contribution in [1.29, 1.82) is 0 Å². The summed E-state index contributed by atoms with van der Waals surface area (Å²) in [6.07, 6.45) is 0.0646. The van der Waals surface area contributed by atoms with Gasteiger partial charge in [0.25, 0.3) is 5.56 Å². The SMILES string of the molecule is Cc1cc2c(c(=O)[nH]1)C(c1cc(Cl)c3c(c1)OCO3)CC(=O)O2. The molecule has 118 valence electrons. The molecule has 1 aromatic heterocycles. The zero-order valence-corrected chi connectivity index (χ0v) is 12.9. The second-order valence-corrected chi connectivity index (χ2v) is 5.93. The first-order valence-corrected chi connectivity index (χ1v) is 7.44. The van der Waals surface area contributed by atoms with Crippen molar-refractivity contribution < 1.29 is 19.0 Å². The van der Waals surface area contributed by atoms with Crippen molar-refractivity contribution in [1.82, 2.24) is 4.98 Å². The standard InChI is InChI=1S/C16H12ClNO5/c1-7-2-11-14(16(20)18-7)9(5-13(19)23-11)8-3-10(17)15-12(4-8)21-6-22-15/h2-4,9H,5-6H2,1H3,(H,18,20). The van der Waals surface area contributed by atoms with Crippen molar-refractivity contribution in [2.24, 2.45) is 0 Å². The molecule has 0 aliphatic carbocycles. The summed E-state index contributed by atoms with van der Waals surface area (Å²) in [4.78, 5) is 27.0. The zero-order valence-electron chi connectivity index (χ0n) is 12.1. The summed E-state index contributed by atoms with van der Waals surface area (Å²) in [7, 11) is 0. The van der Waals surface area contributed by atoms with Crippen LogP contribution in [0.4, 0.5) is 0 Å². The van der Waals surface area contributed by atoms with Crippen LogP contribution in [0.25, 0.3) is 0 Å². The largest absolute Gasteiger partial charge is 0.454 e. The number of carbonyl (C=O) groups is 1. The van der Waals surface area contributed by atoms with Crippen LogP contribution in [0.15, 0.2) is 23.0 Å². The summed E-state index contributed by atoms with van der Waals surface area (Å²) >= 11 is 6.22. The van der Waals surface area contributed by atoms with Crippen molar-refractivity contribution in [3.63, 3.8) is 0 Å². The van der Waals surface area contributed by atoms with Crippen LogP contribution in [-0.4, -0.2) is 17.7 Å². The summed E-state index contributed by atoms with van der Waals surface area (Å²) in [6.45, 7) is 1.83.